The van der Waals surface area contributed by atoms with E-state index in [2.05, 4.69) is 10.4 Å². The summed E-state index contributed by atoms with van der Waals surface area (Å²) in [4.78, 5) is 22.7. The highest BCUT2D eigenvalue weighted by Gasteiger charge is 2.16. The second kappa shape index (κ2) is 7.73. The van der Waals surface area contributed by atoms with Gasteiger partial charge in [0.05, 0.1) is 10.6 Å². The van der Waals surface area contributed by atoms with E-state index >= 15 is 0 Å². The van der Waals surface area contributed by atoms with Crippen molar-refractivity contribution in [1.82, 2.24) is 15.1 Å². The topological polar surface area (TPSA) is 112 Å². The molecular formula is C18H18N4O5. The number of furan rings is 1. The van der Waals surface area contributed by atoms with Gasteiger partial charge in [0.1, 0.15) is 12.4 Å². The molecule has 0 bridgehead atoms. The number of carbonyl (C=O) groups excluding carboxylic acids is 1. The number of nitro benzene ring substituents is 1. The van der Waals surface area contributed by atoms with Crippen LogP contribution in [0.1, 0.15) is 27.6 Å². The lowest BCUT2D eigenvalue weighted by Crippen LogP contribution is -2.22. The van der Waals surface area contributed by atoms with Gasteiger partial charge in [0, 0.05) is 31.4 Å². The highest BCUT2D eigenvalue weighted by Crippen LogP contribution is 2.26. The van der Waals surface area contributed by atoms with E-state index in [1.54, 1.807) is 22.9 Å². The zero-order valence-corrected chi connectivity index (χ0v) is 14.8. The molecule has 0 fully saturated rings. The van der Waals surface area contributed by atoms with Crippen molar-refractivity contribution in [2.75, 3.05) is 0 Å². The Morgan fingerprint density at radius 1 is 1.33 bits per heavy atom. The van der Waals surface area contributed by atoms with Crippen LogP contribution in [0.15, 0.2) is 47.0 Å². The summed E-state index contributed by atoms with van der Waals surface area (Å²) in [7, 11) is 1.81. The third-order valence-electron chi connectivity index (χ3n) is 3.87. The molecule has 1 aromatic carbocycles. The molecule has 0 radical (unpaired) electrons. The van der Waals surface area contributed by atoms with E-state index in [1.165, 1.54) is 18.2 Å². The molecule has 0 aliphatic heterocycles. The standard InChI is InChI=1S/C18H18N4O5/c1-12-13(10-21(2)20-12)9-19-18(23)17-8-7-14(27-17)11-26-16-6-4-3-5-15(16)22(24)25/h3-8,10H,9,11H2,1-2H3,(H,19,23). The molecule has 0 aliphatic rings. The Kier molecular flexibility index (Phi) is 5.20. The van der Waals surface area contributed by atoms with Crippen LogP contribution in [0.5, 0.6) is 5.75 Å². The molecule has 0 saturated carbocycles. The molecule has 1 N–H and O–H groups in total. The SMILES string of the molecule is Cc1nn(C)cc1CNC(=O)c1ccc(COc2ccccc2[N+](=O)[O-])o1. The summed E-state index contributed by atoms with van der Waals surface area (Å²) in [6.07, 6.45) is 1.84. The average molecular weight is 370 g/mol. The molecule has 0 aliphatic carbocycles. The van der Waals surface area contributed by atoms with E-state index in [4.69, 9.17) is 9.15 Å². The molecular weight excluding hydrogens is 352 g/mol. The number of para-hydroxylation sites is 2. The van der Waals surface area contributed by atoms with Crippen molar-refractivity contribution < 1.29 is 18.9 Å². The van der Waals surface area contributed by atoms with Gasteiger partial charge < -0.3 is 14.5 Å². The maximum atomic E-state index is 12.2. The number of benzene rings is 1. The monoisotopic (exact) mass is 370 g/mol. The quantitative estimate of drug-likeness (QED) is 0.505. The van der Waals surface area contributed by atoms with Crippen LogP contribution >= 0.6 is 0 Å². The minimum Gasteiger partial charge on any atom is -0.479 e. The highest BCUT2D eigenvalue weighted by atomic mass is 16.6. The van der Waals surface area contributed by atoms with Crippen LogP contribution in [0.4, 0.5) is 5.69 Å². The second-order valence-corrected chi connectivity index (χ2v) is 5.88. The normalized spacial score (nSPS) is 10.6. The summed E-state index contributed by atoms with van der Waals surface area (Å²) in [5.41, 5.74) is 1.63. The minimum atomic E-state index is -0.517. The van der Waals surface area contributed by atoms with Crippen molar-refractivity contribution in [3.8, 4) is 5.75 Å². The predicted molar refractivity (Wildman–Crippen MR) is 95.3 cm³/mol. The Morgan fingerprint density at radius 2 is 2.11 bits per heavy atom. The van der Waals surface area contributed by atoms with E-state index in [0.29, 0.717) is 12.3 Å². The number of rotatable bonds is 7. The van der Waals surface area contributed by atoms with Gasteiger partial charge in [-0.2, -0.15) is 5.10 Å². The van der Waals surface area contributed by atoms with Gasteiger partial charge in [-0.05, 0) is 25.1 Å². The molecule has 9 heteroatoms. The molecule has 0 spiro atoms. The number of hydrogen-bond acceptors (Lipinski definition) is 6. The van der Waals surface area contributed by atoms with Crippen molar-refractivity contribution >= 4 is 11.6 Å². The lowest BCUT2D eigenvalue weighted by atomic mass is 10.2. The van der Waals surface area contributed by atoms with E-state index in [9.17, 15) is 14.9 Å². The molecule has 2 heterocycles. The summed E-state index contributed by atoms with van der Waals surface area (Å²) in [5, 5.41) is 18.0. The maximum absolute atomic E-state index is 12.2. The number of nitrogens with one attached hydrogen (secondary N) is 1. The van der Waals surface area contributed by atoms with Crippen molar-refractivity contribution in [1.29, 1.82) is 0 Å². The van der Waals surface area contributed by atoms with Crippen LogP contribution in [-0.2, 0) is 20.2 Å². The number of nitro groups is 1. The van der Waals surface area contributed by atoms with E-state index < -0.39 is 4.92 Å². The van der Waals surface area contributed by atoms with E-state index in [0.717, 1.165) is 11.3 Å². The predicted octanol–water partition coefficient (Wildman–Crippen LogP) is 2.74. The first-order chi connectivity index (χ1) is 12.9. The summed E-state index contributed by atoms with van der Waals surface area (Å²) < 4.78 is 12.6. The van der Waals surface area contributed by atoms with Crippen molar-refractivity contribution in [3.63, 3.8) is 0 Å². The summed E-state index contributed by atoms with van der Waals surface area (Å²) >= 11 is 0. The Balaban J connectivity index is 1.59. The molecule has 140 valence electrons. The van der Waals surface area contributed by atoms with Gasteiger partial charge in [0.2, 0.25) is 0 Å². The Labute approximate surface area is 154 Å². The summed E-state index contributed by atoms with van der Waals surface area (Å²) in [6, 6.07) is 9.19. The molecule has 9 nitrogen and oxygen atoms in total. The van der Waals surface area contributed by atoms with Crippen LogP contribution in [0, 0.1) is 17.0 Å². The van der Waals surface area contributed by atoms with Crippen molar-refractivity contribution in [3.05, 3.63) is 75.5 Å². The molecule has 1 amide bonds. The largest absolute Gasteiger partial charge is 0.479 e. The Morgan fingerprint density at radius 3 is 2.81 bits per heavy atom. The number of nitrogens with zero attached hydrogens (tertiary/aromatic N) is 3. The van der Waals surface area contributed by atoms with E-state index in [-0.39, 0.29) is 29.7 Å². The smallest absolute Gasteiger partial charge is 0.310 e. The minimum absolute atomic E-state index is 0.0279. The van der Waals surface area contributed by atoms with Gasteiger partial charge in [-0.1, -0.05) is 12.1 Å². The molecule has 0 saturated heterocycles. The highest BCUT2D eigenvalue weighted by molar-refractivity contribution is 5.91. The van der Waals surface area contributed by atoms with Crippen molar-refractivity contribution in [2.24, 2.45) is 7.05 Å². The fourth-order valence-electron chi connectivity index (χ4n) is 2.54. The van der Waals surface area contributed by atoms with Gasteiger partial charge in [-0.3, -0.25) is 19.6 Å². The fourth-order valence-corrected chi connectivity index (χ4v) is 2.54. The van der Waals surface area contributed by atoms with Gasteiger partial charge in [0.25, 0.3) is 5.91 Å². The maximum Gasteiger partial charge on any atom is 0.310 e. The molecule has 3 aromatic rings. The Hall–Kier alpha value is -3.62. The van der Waals surface area contributed by atoms with Crippen LogP contribution in [0.2, 0.25) is 0 Å². The first-order valence-corrected chi connectivity index (χ1v) is 8.16. The lowest BCUT2D eigenvalue weighted by Gasteiger charge is -2.05. The first kappa shape index (κ1) is 18.2. The third kappa shape index (κ3) is 4.32. The lowest BCUT2D eigenvalue weighted by molar-refractivity contribution is -0.386. The summed E-state index contributed by atoms with van der Waals surface area (Å²) in [5.74, 6) is 0.292. The number of hydrogen-bond donors (Lipinski definition) is 1. The molecule has 3 rings (SSSR count). The van der Waals surface area contributed by atoms with Crippen LogP contribution < -0.4 is 10.1 Å². The number of ether oxygens (including phenoxy) is 1. The van der Waals surface area contributed by atoms with Gasteiger partial charge >= 0.3 is 5.69 Å². The van der Waals surface area contributed by atoms with E-state index in [1.807, 2.05) is 20.2 Å². The molecule has 2 aromatic heterocycles. The van der Waals surface area contributed by atoms with Crippen LogP contribution in [0.3, 0.4) is 0 Å². The van der Waals surface area contributed by atoms with Crippen LogP contribution in [0.25, 0.3) is 0 Å². The number of aryl methyl sites for hydroxylation is 2. The van der Waals surface area contributed by atoms with Gasteiger partial charge in [-0.15, -0.1) is 0 Å². The number of aromatic nitrogens is 2. The zero-order valence-electron chi connectivity index (χ0n) is 14.8. The van der Waals surface area contributed by atoms with Crippen LogP contribution in [-0.4, -0.2) is 20.6 Å². The number of amides is 1. The number of carbonyl (C=O) groups is 1. The first-order valence-electron chi connectivity index (χ1n) is 8.16. The molecule has 0 atom stereocenters. The van der Waals surface area contributed by atoms with Crippen molar-refractivity contribution in [2.45, 2.75) is 20.1 Å². The zero-order chi connectivity index (χ0) is 19.4. The summed E-state index contributed by atoms with van der Waals surface area (Å²) in [6.45, 7) is 2.17. The second-order valence-electron chi connectivity index (χ2n) is 5.88. The van der Waals surface area contributed by atoms with Gasteiger partial charge in [-0.25, -0.2) is 0 Å². The third-order valence-corrected chi connectivity index (χ3v) is 3.87. The average Bonchev–Trinajstić information content (AvgIpc) is 3.24. The molecule has 27 heavy (non-hydrogen) atoms. The Bertz CT molecular complexity index is 976. The fraction of sp³-hybridized carbons (Fsp3) is 0.222. The van der Waals surface area contributed by atoms with Gasteiger partial charge in [0.15, 0.2) is 11.5 Å². The molecule has 0 unspecified atom stereocenters.